The summed E-state index contributed by atoms with van der Waals surface area (Å²) in [4.78, 5) is 13.0. The highest BCUT2D eigenvalue weighted by atomic mass is 16.1. The van der Waals surface area contributed by atoms with Crippen molar-refractivity contribution in [2.24, 2.45) is 11.7 Å². The molecule has 0 spiro atoms. The summed E-state index contributed by atoms with van der Waals surface area (Å²) in [5, 5.41) is 3.74. The average molecular weight is 241 g/mol. The molecule has 1 amide bonds. The van der Waals surface area contributed by atoms with E-state index in [4.69, 9.17) is 5.73 Å². The van der Waals surface area contributed by atoms with Crippen LogP contribution in [-0.4, -0.2) is 42.5 Å². The summed E-state index contributed by atoms with van der Waals surface area (Å²) >= 11 is 0. The predicted molar refractivity (Wildman–Crippen MR) is 70.7 cm³/mol. The number of likely N-dealkylation sites (tertiary alicyclic amines) is 1. The molecule has 0 radical (unpaired) electrons. The Bertz CT molecular complexity index is 235. The molecule has 0 aromatic rings. The van der Waals surface area contributed by atoms with Gasteiger partial charge >= 0.3 is 0 Å². The Kier molecular flexibility index (Phi) is 5.92. The number of carbonyl (C=O) groups is 1. The first kappa shape index (κ1) is 14.5. The molecule has 0 bridgehead atoms. The lowest BCUT2D eigenvalue weighted by atomic mass is 9.97. The van der Waals surface area contributed by atoms with Gasteiger partial charge in [0.15, 0.2) is 0 Å². The molecule has 1 saturated heterocycles. The molecule has 0 aromatic carbocycles. The molecule has 0 aliphatic carbocycles. The van der Waals surface area contributed by atoms with E-state index >= 15 is 0 Å². The molecule has 4 nitrogen and oxygen atoms in total. The van der Waals surface area contributed by atoms with Crippen molar-refractivity contribution in [1.82, 2.24) is 10.2 Å². The summed E-state index contributed by atoms with van der Waals surface area (Å²) in [6.07, 6.45) is 3.42. The third-order valence-electron chi connectivity index (χ3n) is 3.66. The van der Waals surface area contributed by atoms with Gasteiger partial charge in [0, 0.05) is 25.2 Å². The van der Waals surface area contributed by atoms with Crippen molar-refractivity contribution in [1.29, 1.82) is 0 Å². The molecular weight excluding hydrogens is 214 g/mol. The first-order valence-corrected chi connectivity index (χ1v) is 6.79. The Morgan fingerprint density at radius 3 is 2.41 bits per heavy atom. The second-order valence-electron chi connectivity index (χ2n) is 5.44. The van der Waals surface area contributed by atoms with E-state index in [9.17, 15) is 4.79 Å². The Morgan fingerprint density at radius 2 is 2.00 bits per heavy atom. The van der Waals surface area contributed by atoms with Gasteiger partial charge < -0.3 is 11.1 Å². The van der Waals surface area contributed by atoms with Crippen LogP contribution in [0, 0.1) is 5.92 Å². The van der Waals surface area contributed by atoms with Crippen LogP contribution in [-0.2, 0) is 4.79 Å². The molecule has 1 aliphatic heterocycles. The fourth-order valence-electron chi connectivity index (χ4n) is 2.56. The van der Waals surface area contributed by atoms with Gasteiger partial charge in [0.05, 0.1) is 6.54 Å². The maximum atomic E-state index is 10.8. The second-order valence-corrected chi connectivity index (χ2v) is 5.44. The predicted octanol–water partition coefficient (Wildman–Crippen LogP) is 0.960. The molecule has 17 heavy (non-hydrogen) atoms. The first-order valence-electron chi connectivity index (χ1n) is 6.79. The van der Waals surface area contributed by atoms with E-state index in [0.29, 0.717) is 24.5 Å². The number of primary amides is 1. The van der Waals surface area contributed by atoms with E-state index in [-0.39, 0.29) is 5.91 Å². The van der Waals surface area contributed by atoms with Crippen LogP contribution < -0.4 is 11.1 Å². The fraction of sp³-hybridized carbons (Fsp3) is 0.923. The quantitative estimate of drug-likeness (QED) is 0.728. The van der Waals surface area contributed by atoms with Crippen molar-refractivity contribution in [3.63, 3.8) is 0 Å². The van der Waals surface area contributed by atoms with E-state index in [1.165, 1.54) is 6.42 Å². The van der Waals surface area contributed by atoms with Gasteiger partial charge in [-0.15, -0.1) is 0 Å². The zero-order valence-corrected chi connectivity index (χ0v) is 11.4. The molecule has 1 fully saturated rings. The molecule has 100 valence electrons. The number of nitrogens with one attached hydrogen (secondary N) is 1. The van der Waals surface area contributed by atoms with Gasteiger partial charge in [-0.05, 0) is 25.2 Å². The highest BCUT2D eigenvalue weighted by Gasteiger charge is 2.22. The third-order valence-corrected chi connectivity index (χ3v) is 3.66. The van der Waals surface area contributed by atoms with E-state index in [1.807, 2.05) is 0 Å². The van der Waals surface area contributed by atoms with Crippen LogP contribution in [0.2, 0.25) is 0 Å². The molecule has 1 aliphatic rings. The molecule has 0 aromatic heterocycles. The standard InChI is InChI=1S/C13H27N3O/c1-4-12(10(2)3)15-11-5-7-16(8-6-11)9-13(14)17/h10-12,15H,4-9H2,1-3H3,(H2,14,17). The third kappa shape index (κ3) is 5.04. The summed E-state index contributed by atoms with van der Waals surface area (Å²) in [6.45, 7) is 9.14. The maximum Gasteiger partial charge on any atom is 0.231 e. The Morgan fingerprint density at radius 1 is 1.41 bits per heavy atom. The van der Waals surface area contributed by atoms with Gasteiger partial charge in [0.1, 0.15) is 0 Å². The summed E-state index contributed by atoms with van der Waals surface area (Å²) in [6, 6.07) is 1.22. The Hall–Kier alpha value is -0.610. The highest BCUT2D eigenvalue weighted by molar-refractivity contribution is 5.75. The number of rotatable bonds is 6. The number of hydrogen-bond donors (Lipinski definition) is 2. The monoisotopic (exact) mass is 241 g/mol. The second kappa shape index (κ2) is 6.97. The van der Waals surface area contributed by atoms with Gasteiger partial charge in [0.2, 0.25) is 5.91 Å². The molecule has 1 rings (SSSR count). The summed E-state index contributed by atoms with van der Waals surface area (Å²) in [5.41, 5.74) is 5.20. The minimum absolute atomic E-state index is 0.218. The van der Waals surface area contributed by atoms with Crippen molar-refractivity contribution in [2.45, 2.75) is 52.1 Å². The molecule has 0 saturated carbocycles. The zero-order chi connectivity index (χ0) is 12.8. The average Bonchev–Trinajstić information content (AvgIpc) is 2.26. The number of hydrogen-bond acceptors (Lipinski definition) is 3. The largest absolute Gasteiger partial charge is 0.369 e. The van der Waals surface area contributed by atoms with Crippen molar-refractivity contribution in [3.05, 3.63) is 0 Å². The molecular formula is C13H27N3O. The van der Waals surface area contributed by atoms with E-state index < -0.39 is 0 Å². The molecule has 1 heterocycles. The minimum atomic E-state index is -0.218. The summed E-state index contributed by atoms with van der Waals surface area (Å²) in [5.74, 6) is 0.466. The lowest BCUT2D eigenvalue weighted by molar-refractivity contribution is -0.119. The van der Waals surface area contributed by atoms with Crippen LogP contribution in [0.1, 0.15) is 40.0 Å². The fourth-order valence-corrected chi connectivity index (χ4v) is 2.56. The minimum Gasteiger partial charge on any atom is -0.369 e. The smallest absolute Gasteiger partial charge is 0.231 e. The van der Waals surface area contributed by atoms with Crippen LogP contribution in [0.15, 0.2) is 0 Å². The Balaban J connectivity index is 2.29. The molecule has 1 unspecified atom stereocenters. The van der Waals surface area contributed by atoms with Gasteiger partial charge in [-0.25, -0.2) is 0 Å². The van der Waals surface area contributed by atoms with Gasteiger partial charge in [-0.2, -0.15) is 0 Å². The van der Waals surface area contributed by atoms with E-state index in [1.54, 1.807) is 0 Å². The number of carbonyl (C=O) groups excluding carboxylic acids is 1. The molecule has 3 N–H and O–H groups in total. The summed E-state index contributed by atoms with van der Waals surface area (Å²) < 4.78 is 0. The lowest BCUT2D eigenvalue weighted by Crippen LogP contribution is -2.48. The van der Waals surface area contributed by atoms with Crippen molar-refractivity contribution < 1.29 is 4.79 Å². The zero-order valence-electron chi connectivity index (χ0n) is 11.4. The van der Waals surface area contributed by atoms with E-state index in [0.717, 1.165) is 25.9 Å². The van der Waals surface area contributed by atoms with Crippen molar-refractivity contribution in [3.8, 4) is 0 Å². The van der Waals surface area contributed by atoms with Gasteiger partial charge in [-0.1, -0.05) is 20.8 Å². The van der Waals surface area contributed by atoms with Crippen LogP contribution >= 0.6 is 0 Å². The number of amides is 1. The van der Waals surface area contributed by atoms with Crippen LogP contribution in [0.3, 0.4) is 0 Å². The topological polar surface area (TPSA) is 58.4 Å². The number of nitrogens with zero attached hydrogens (tertiary/aromatic N) is 1. The maximum absolute atomic E-state index is 10.8. The van der Waals surface area contributed by atoms with Gasteiger partial charge in [0.25, 0.3) is 0 Å². The van der Waals surface area contributed by atoms with E-state index in [2.05, 4.69) is 31.0 Å². The number of nitrogens with two attached hydrogens (primary N) is 1. The van der Waals surface area contributed by atoms with Crippen LogP contribution in [0.4, 0.5) is 0 Å². The molecule has 4 heteroatoms. The highest BCUT2D eigenvalue weighted by Crippen LogP contribution is 2.14. The van der Waals surface area contributed by atoms with Gasteiger partial charge in [-0.3, -0.25) is 9.69 Å². The van der Waals surface area contributed by atoms with Crippen molar-refractivity contribution >= 4 is 5.91 Å². The van der Waals surface area contributed by atoms with Crippen LogP contribution in [0.5, 0.6) is 0 Å². The normalized spacial score (nSPS) is 20.7. The van der Waals surface area contributed by atoms with Crippen molar-refractivity contribution in [2.75, 3.05) is 19.6 Å². The SMILES string of the molecule is CCC(NC1CCN(CC(N)=O)CC1)C(C)C. The first-order chi connectivity index (χ1) is 8.02. The van der Waals surface area contributed by atoms with Crippen LogP contribution in [0.25, 0.3) is 0 Å². The summed E-state index contributed by atoms with van der Waals surface area (Å²) in [7, 11) is 0. The Labute approximate surface area is 105 Å². The lowest BCUT2D eigenvalue weighted by Gasteiger charge is -2.34. The number of piperidine rings is 1. The molecule has 1 atom stereocenters.